The molecule has 0 heterocycles. The van der Waals surface area contributed by atoms with Crippen molar-refractivity contribution in [1.29, 1.82) is 0 Å². The Morgan fingerprint density at radius 1 is 0.962 bits per heavy atom. The van der Waals surface area contributed by atoms with Crippen LogP contribution in [-0.2, 0) is 15.0 Å². The summed E-state index contributed by atoms with van der Waals surface area (Å²) in [5.74, 6) is -1.29. The molecule has 2 atom stereocenters. The molecule has 1 N–H and O–H groups in total. The Hall–Kier alpha value is -2.88. The fourth-order valence-electron chi connectivity index (χ4n) is 3.63. The third-order valence-electron chi connectivity index (χ3n) is 5.77. The zero-order valence-electron chi connectivity index (χ0n) is 15.4. The van der Waals surface area contributed by atoms with E-state index in [-0.39, 0.29) is 5.76 Å². The van der Waals surface area contributed by atoms with Crippen LogP contribution in [0, 0.1) is 12.3 Å². The molecule has 0 unspecified atom stereocenters. The second-order valence-electron chi connectivity index (χ2n) is 7.12. The molecule has 0 amide bonds. The number of carbonyl (C=O) groups is 2. The summed E-state index contributed by atoms with van der Waals surface area (Å²) >= 11 is 0. The molecular weight excluding hydrogens is 328 g/mol. The molecule has 0 fully saturated rings. The Bertz CT molecular complexity index is 895. The second kappa shape index (κ2) is 6.13. The van der Waals surface area contributed by atoms with Crippen molar-refractivity contribution in [2.24, 2.45) is 5.41 Å². The van der Waals surface area contributed by atoms with Gasteiger partial charge in [0, 0.05) is 5.41 Å². The van der Waals surface area contributed by atoms with Crippen LogP contribution in [0.1, 0.15) is 31.9 Å². The van der Waals surface area contributed by atoms with E-state index in [1.165, 1.54) is 0 Å². The van der Waals surface area contributed by atoms with E-state index in [0.29, 0.717) is 11.3 Å². The number of ether oxygens (including phenoxy) is 1. The minimum Gasteiger partial charge on any atom is -0.504 e. The van der Waals surface area contributed by atoms with Gasteiger partial charge in [-0.15, -0.1) is 0 Å². The molecule has 4 nitrogen and oxygen atoms in total. The lowest BCUT2D eigenvalue weighted by molar-refractivity contribution is -0.153. The van der Waals surface area contributed by atoms with Gasteiger partial charge >= 0.3 is 5.97 Å². The summed E-state index contributed by atoms with van der Waals surface area (Å²) in [5.41, 5.74) is -0.245. The number of ketones is 1. The summed E-state index contributed by atoms with van der Waals surface area (Å²) in [6, 6.07) is 16.3. The van der Waals surface area contributed by atoms with E-state index < -0.39 is 22.6 Å². The van der Waals surface area contributed by atoms with E-state index in [9.17, 15) is 14.7 Å². The highest BCUT2D eigenvalue weighted by molar-refractivity contribution is 6.16. The van der Waals surface area contributed by atoms with Gasteiger partial charge in [-0.1, -0.05) is 55.0 Å². The van der Waals surface area contributed by atoms with Crippen LogP contribution in [0.2, 0.25) is 0 Å². The zero-order chi connectivity index (χ0) is 19.1. The lowest BCUT2D eigenvalue weighted by Crippen LogP contribution is -2.51. The first-order valence-electron chi connectivity index (χ1n) is 8.52. The van der Waals surface area contributed by atoms with Gasteiger partial charge in [-0.3, -0.25) is 9.59 Å². The average molecular weight is 350 g/mol. The van der Waals surface area contributed by atoms with Gasteiger partial charge in [-0.25, -0.2) is 0 Å². The van der Waals surface area contributed by atoms with Crippen LogP contribution in [0.3, 0.4) is 0 Å². The topological polar surface area (TPSA) is 63.6 Å². The predicted molar refractivity (Wildman–Crippen MR) is 99.1 cm³/mol. The van der Waals surface area contributed by atoms with Crippen LogP contribution in [0.15, 0.2) is 65.9 Å². The number of esters is 1. The molecule has 0 saturated heterocycles. The Balaban J connectivity index is 2.12. The lowest BCUT2D eigenvalue weighted by Gasteiger charge is -2.39. The number of benzene rings is 2. The summed E-state index contributed by atoms with van der Waals surface area (Å²) in [6.45, 7) is 7.01. The number of hydrogen-bond acceptors (Lipinski definition) is 4. The fourth-order valence-corrected chi connectivity index (χ4v) is 3.63. The number of Topliss-reactive ketones (excluding diaryl/α,β-unsaturated/α-hetero) is 1. The maximum absolute atomic E-state index is 13.1. The smallest absolute Gasteiger partial charge is 0.326 e. The second-order valence-corrected chi connectivity index (χ2v) is 7.12. The Kier molecular flexibility index (Phi) is 4.23. The fraction of sp³-hybridized carbons (Fsp3) is 0.273. The van der Waals surface area contributed by atoms with Gasteiger partial charge in [0.15, 0.2) is 5.76 Å². The van der Waals surface area contributed by atoms with Crippen molar-refractivity contribution in [3.05, 3.63) is 77.1 Å². The highest BCUT2D eigenvalue weighted by atomic mass is 16.5. The number of allylic oxidation sites excluding steroid dienone is 2. The minimum absolute atomic E-state index is 0.361. The van der Waals surface area contributed by atoms with Crippen molar-refractivity contribution in [3.63, 3.8) is 0 Å². The predicted octanol–water partition coefficient (Wildman–Crippen LogP) is 4.28. The van der Waals surface area contributed by atoms with Crippen molar-refractivity contribution >= 4 is 11.8 Å². The molecule has 134 valence electrons. The van der Waals surface area contributed by atoms with Crippen molar-refractivity contribution in [1.82, 2.24) is 0 Å². The van der Waals surface area contributed by atoms with Crippen molar-refractivity contribution in [2.75, 3.05) is 0 Å². The quantitative estimate of drug-likeness (QED) is 0.510. The highest BCUT2D eigenvalue weighted by Crippen LogP contribution is 2.55. The van der Waals surface area contributed by atoms with E-state index >= 15 is 0 Å². The van der Waals surface area contributed by atoms with Crippen LogP contribution >= 0.6 is 0 Å². The van der Waals surface area contributed by atoms with Gasteiger partial charge in [0.05, 0.1) is 0 Å². The Morgan fingerprint density at radius 2 is 1.54 bits per heavy atom. The van der Waals surface area contributed by atoms with E-state index in [1.807, 2.05) is 37.3 Å². The minimum atomic E-state index is -1.56. The summed E-state index contributed by atoms with van der Waals surface area (Å²) < 4.78 is 5.51. The summed E-state index contributed by atoms with van der Waals surface area (Å²) in [4.78, 5) is 26.0. The summed E-state index contributed by atoms with van der Waals surface area (Å²) in [6.07, 6.45) is 0. The first kappa shape index (κ1) is 17.9. The first-order chi connectivity index (χ1) is 12.2. The molecule has 1 aliphatic rings. The van der Waals surface area contributed by atoms with E-state index in [4.69, 9.17) is 4.74 Å². The largest absolute Gasteiger partial charge is 0.504 e. The number of para-hydroxylation sites is 1. The van der Waals surface area contributed by atoms with Crippen LogP contribution in [0.4, 0.5) is 0 Å². The number of rotatable bonds is 3. The van der Waals surface area contributed by atoms with Gasteiger partial charge in [0.1, 0.15) is 11.2 Å². The monoisotopic (exact) mass is 350 g/mol. The molecule has 0 saturated carbocycles. The number of carbonyl (C=O) groups excluding carboxylic acids is 2. The van der Waals surface area contributed by atoms with Gasteiger partial charge in [-0.05, 0) is 44.0 Å². The van der Waals surface area contributed by atoms with E-state index in [2.05, 4.69) is 0 Å². The zero-order valence-corrected chi connectivity index (χ0v) is 15.4. The van der Waals surface area contributed by atoms with Gasteiger partial charge in [0.2, 0.25) is 5.78 Å². The molecule has 3 rings (SSSR count). The maximum Gasteiger partial charge on any atom is 0.326 e. The number of hydrogen-bond donors (Lipinski definition) is 1. The third-order valence-corrected chi connectivity index (χ3v) is 5.77. The molecule has 0 spiro atoms. The SMILES string of the molecule is CC1=C(O)C(=O)[C@@](C)(C(=O)Oc2ccccc2)[C@@]1(C)c1ccc(C)cc1. The van der Waals surface area contributed by atoms with Crippen molar-refractivity contribution < 1.29 is 19.4 Å². The molecular formula is C22H22O4. The van der Waals surface area contributed by atoms with Crippen LogP contribution in [0.25, 0.3) is 0 Å². The molecule has 0 aromatic heterocycles. The Labute approximate surface area is 153 Å². The van der Waals surface area contributed by atoms with E-state index in [1.54, 1.807) is 45.0 Å². The molecule has 0 radical (unpaired) electrons. The summed E-state index contributed by atoms with van der Waals surface area (Å²) in [7, 11) is 0. The molecule has 1 aliphatic carbocycles. The van der Waals surface area contributed by atoms with Crippen LogP contribution < -0.4 is 4.74 Å². The molecule has 2 aromatic rings. The molecule has 26 heavy (non-hydrogen) atoms. The maximum atomic E-state index is 13.1. The number of aliphatic hydroxyl groups excluding tert-OH is 1. The van der Waals surface area contributed by atoms with Crippen LogP contribution in [-0.4, -0.2) is 16.9 Å². The van der Waals surface area contributed by atoms with E-state index in [0.717, 1.165) is 11.1 Å². The molecule has 4 heteroatoms. The third kappa shape index (κ3) is 2.37. The van der Waals surface area contributed by atoms with Crippen LogP contribution in [0.5, 0.6) is 5.75 Å². The standard InChI is InChI=1S/C22H22O4/c1-14-10-12-16(13-11-14)21(3)15(2)18(23)19(24)22(21,4)20(25)26-17-8-6-5-7-9-17/h5-13,23H,1-4H3/t21-,22+/m1/s1. The highest BCUT2D eigenvalue weighted by Gasteiger charge is 2.64. The van der Waals surface area contributed by atoms with Gasteiger partial charge < -0.3 is 9.84 Å². The number of aryl methyl sites for hydroxylation is 1. The van der Waals surface area contributed by atoms with Crippen molar-refractivity contribution in [2.45, 2.75) is 33.1 Å². The first-order valence-corrected chi connectivity index (χ1v) is 8.52. The Morgan fingerprint density at radius 3 is 2.12 bits per heavy atom. The van der Waals surface area contributed by atoms with Gasteiger partial charge in [-0.2, -0.15) is 0 Å². The molecule has 2 aromatic carbocycles. The lowest BCUT2D eigenvalue weighted by atomic mass is 9.61. The molecule has 0 bridgehead atoms. The summed E-state index contributed by atoms with van der Waals surface area (Å²) in [5, 5.41) is 10.4. The number of aliphatic hydroxyl groups is 1. The molecule has 0 aliphatic heterocycles. The normalized spacial score (nSPS) is 25.5. The average Bonchev–Trinajstić information content (AvgIpc) is 2.78. The van der Waals surface area contributed by atoms with Crippen molar-refractivity contribution in [3.8, 4) is 5.75 Å². The van der Waals surface area contributed by atoms with Gasteiger partial charge in [0.25, 0.3) is 0 Å².